The molecule has 3 aromatic carbocycles. The summed E-state index contributed by atoms with van der Waals surface area (Å²) in [7, 11) is 0. The fraction of sp³-hybridized carbons (Fsp3) is 0.500. The fourth-order valence-corrected chi connectivity index (χ4v) is 13.7. The summed E-state index contributed by atoms with van der Waals surface area (Å²) in [5.74, 6) is -5.41. The summed E-state index contributed by atoms with van der Waals surface area (Å²) >= 11 is 0. The molecule has 7 aliphatic rings. The first kappa shape index (κ1) is 44.7. The van der Waals surface area contributed by atoms with Crippen molar-refractivity contribution in [2.75, 3.05) is 18.0 Å². The van der Waals surface area contributed by atoms with E-state index in [0.29, 0.717) is 73.1 Å². The summed E-state index contributed by atoms with van der Waals surface area (Å²) < 4.78 is 14.9. The number of likely N-dealkylation sites (tertiary alicyclic amines) is 2. The predicted octanol–water partition coefficient (Wildman–Crippen LogP) is 4.89. The van der Waals surface area contributed by atoms with E-state index in [1.807, 2.05) is 24.3 Å². The van der Waals surface area contributed by atoms with Gasteiger partial charge >= 0.3 is 12.2 Å². The molecule has 5 unspecified atom stereocenters. The number of fused-ring (bicyclic) bond motifs is 6. The summed E-state index contributed by atoms with van der Waals surface area (Å²) in [5, 5.41) is 24.7. The Morgan fingerprint density at radius 3 is 1.53 bits per heavy atom. The molecule has 3 aliphatic heterocycles. The van der Waals surface area contributed by atoms with Crippen molar-refractivity contribution in [3.05, 3.63) is 101 Å². The normalized spacial score (nSPS) is 34.1. The van der Waals surface area contributed by atoms with Crippen LogP contribution < -0.4 is 27.0 Å². The van der Waals surface area contributed by atoms with E-state index in [0.717, 1.165) is 0 Å². The van der Waals surface area contributed by atoms with E-state index in [1.54, 1.807) is 64.1 Å². The summed E-state index contributed by atoms with van der Waals surface area (Å²) in [6.45, 7) is 11.9. The Kier molecular flexibility index (Phi) is 10.8. The highest BCUT2D eigenvalue weighted by Crippen LogP contribution is 2.62. The second kappa shape index (κ2) is 15.4. The van der Waals surface area contributed by atoms with Gasteiger partial charge in [0.1, 0.15) is 16.9 Å². The van der Waals surface area contributed by atoms with Crippen molar-refractivity contribution in [2.45, 2.75) is 119 Å². The Morgan fingerprint density at radius 1 is 0.656 bits per heavy atom. The van der Waals surface area contributed by atoms with Crippen molar-refractivity contribution in [3.63, 3.8) is 0 Å². The molecule has 3 aromatic rings. The number of carbonyl (C=O) groups excluding carboxylic acids is 4. The van der Waals surface area contributed by atoms with Gasteiger partial charge in [0.25, 0.3) is 11.8 Å². The number of hydrogen-bond donors (Lipinski definition) is 6. The molecular formula is C48H58FN7O8. The SMILES string of the molecule is CC1C[C@H](C2CCCN2[C@@]2(C(=O)NC(=O)O)c3ccc(cc3)[C@@]2(C)C(C)C(N)=O)N(c2ccc(F)cc2)[C@@]1(C)C1CCCN1[C@@]1(C(=O)NC(=O)O)c2ccc(cc2)[C@@]1(C)C(C)C(N)=O. The smallest absolute Gasteiger partial charge is 0.411 e. The van der Waals surface area contributed by atoms with Crippen LogP contribution in [0.5, 0.6) is 0 Å². The molecule has 64 heavy (non-hydrogen) atoms. The number of nitrogens with two attached hydrogens (primary N) is 2. The fourth-order valence-electron chi connectivity index (χ4n) is 13.7. The Hall–Kier alpha value is -5.87. The van der Waals surface area contributed by atoms with Crippen molar-refractivity contribution in [1.29, 1.82) is 0 Å². The Labute approximate surface area is 371 Å². The maximum absolute atomic E-state index is 15.1. The minimum Gasteiger partial charge on any atom is -0.465 e. The maximum Gasteiger partial charge on any atom is 0.411 e. The Bertz CT molecular complexity index is 2420. The molecule has 3 heterocycles. The van der Waals surface area contributed by atoms with Crippen LogP contribution in [0.1, 0.15) is 95.9 Å². The van der Waals surface area contributed by atoms with Crippen LogP contribution in [0.3, 0.4) is 0 Å². The number of carbonyl (C=O) groups is 6. The molecule has 11 atom stereocenters. The molecule has 0 saturated carbocycles. The number of carboxylic acid groups (broad SMARTS) is 2. The third kappa shape index (κ3) is 5.76. The number of primary amides is 2. The van der Waals surface area contributed by atoms with E-state index in [-0.39, 0.29) is 5.92 Å². The zero-order valence-electron chi connectivity index (χ0n) is 37.1. The summed E-state index contributed by atoms with van der Waals surface area (Å²) in [6.07, 6.45) is -0.183. The number of halogens is 1. The van der Waals surface area contributed by atoms with Gasteiger partial charge in [0, 0.05) is 46.5 Å². The number of benzene rings is 3. The van der Waals surface area contributed by atoms with Crippen LogP contribution in [-0.2, 0) is 41.1 Å². The molecule has 4 aliphatic carbocycles. The van der Waals surface area contributed by atoms with Crippen LogP contribution in [0.2, 0.25) is 0 Å². The Morgan fingerprint density at radius 2 is 1.08 bits per heavy atom. The molecule has 4 bridgehead atoms. The molecular weight excluding hydrogens is 822 g/mol. The first-order chi connectivity index (χ1) is 30.2. The second-order valence-corrected chi connectivity index (χ2v) is 19.3. The van der Waals surface area contributed by atoms with E-state index >= 15 is 9.59 Å². The number of nitrogens with zero attached hydrogens (tertiary/aromatic N) is 3. The van der Waals surface area contributed by atoms with Crippen molar-refractivity contribution >= 4 is 41.5 Å². The van der Waals surface area contributed by atoms with Gasteiger partial charge in [0.15, 0.2) is 0 Å². The monoisotopic (exact) mass is 879 g/mol. The van der Waals surface area contributed by atoms with Crippen LogP contribution in [0, 0.1) is 23.6 Å². The average Bonchev–Trinajstić information content (AvgIpc) is 4.00. The lowest BCUT2D eigenvalue weighted by Crippen LogP contribution is -2.75. The van der Waals surface area contributed by atoms with Crippen molar-refractivity contribution < 1.29 is 43.4 Å². The molecule has 15 nitrogen and oxygen atoms in total. The molecule has 340 valence electrons. The minimum atomic E-state index is -1.73. The highest BCUT2D eigenvalue weighted by atomic mass is 19.1. The minimum absolute atomic E-state index is 0.177. The van der Waals surface area contributed by atoms with Crippen molar-refractivity contribution in [1.82, 2.24) is 20.4 Å². The highest BCUT2D eigenvalue weighted by Gasteiger charge is 2.71. The largest absolute Gasteiger partial charge is 0.465 e. The number of hydrogen-bond acceptors (Lipinski definition) is 9. The molecule has 3 fully saturated rings. The van der Waals surface area contributed by atoms with Gasteiger partial charge in [-0.25, -0.2) is 14.0 Å². The zero-order chi connectivity index (χ0) is 46.5. The van der Waals surface area contributed by atoms with Gasteiger partial charge in [0.05, 0.1) is 5.54 Å². The summed E-state index contributed by atoms with van der Waals surface area (Å²) in [4.78, 5) is 88.2. The number of amides is 6. The molecule has 3 saturated heterocycles. The van der Waals surface area contributed by atoms with Gasteiger partial charge in [-0.2, -0.15) is 0 Å². The van der Waals surface area contributed by atoms with Crippen molar-refractivity contribution in [3.8, 4) is 0 Å². The topological polar surface area (TPSA) is 229 Å². The number of anilines is 1. The predicted molar refractivity (Wildman–Crippen MR) is 234 cm³/mol. The third-order valence-electron chi connectivity index (χ3n) is 17.1. The van der Waals surface area contributed by atoms with Crippen LogP contribution in [0.15, 0.2) is 72.8 Å². The van der Waals surface area contributed by atoms with E-state index < -0.39 is 99.0 Å². The molecule has 0 spiro atoms. The van der Waals surface area contributed by atoms with E-state index in [9.17, 15) is 33.8 Å². The maximum atomic E-state index is 15.1. The first-order valence-electron chi connectivity index (χ1n) is 22.1. The van der Waals surface area contributed by atoms with E-state index in [1.165, 1.54) is 12.1 Å². The molecule has 0 radical (unpaired) electrons. The van der Waals surface area contributed by atoms with Crippen LogP contribution in [0.4, 0.5) is 19.7 Å². The van der Waals surface area contributed by atoms with Gasteiger partial charge in [-0.05, 0) is 105 Å². The average molecular weight is 880 g/mol. The standard InChI is InChI=1S/C48H58FN7O8/c1-26-25-36(35-9-7-23-54(35)47(40(59)52-42(61)62)31-15-11-29(12-16-31)44(47,4)27(2)38(50)57)56(34-21-19-33(49)20-22-34)46(26,6)37-10-8-24-55(37)48(41(60)53-43(63)64)32-17-13-30(14-18-32)45(48,5)28(3)39(51)58/h11-22,26-28,35-37H,7-10,23-25H2,1-6H3,(H2,50,57)(H2,51,58)(H,52,59)(H,53,60)(H,61,62)(H,63,64)/t26?,27?,28?,35?,36-,37?,44-,45-,46-,47-,48-/m1/s1. The lowest BCUT2D eigenvalue weighted by atomic mass is 9.52. The van der Waals surface area contributed by atoms with Crippen molar-refractivity contribution in [2.24, 2.45) is 29.2 Å². The van der Waals surface area contributed by atoms with Gasteiger partial charge in [-0.3, -0.25) is 39.6 Å². The molecule has 10 rings (SSSR count). The number of nitrogens with one attached hydrogen (secondary N) is 2. The lowest BCUT2D eigenvalue weighted by Gasteiger charge is -2.61. The molecule has 16 heteroatoms. The van der Waals surface area contributed by atoms with Crippen LogP contribution in [0.25, 0.3) is 0 Å². The quantitative estimate of drug-likeness (QED) is 0.152. The van der Waals surface area contributed by atoms with Gasteiger partial charge in [-0.15, -0.1) is 0 Å². The third-order valence-corrected chi connectivity index (χ3v) is 17.1. The van der Waals surface area contributed by atoms with Gasteiger partial charge in [-0.1, -0.05) is 83.1 Å². The number of imide groups is 2. The number of rotatable bonds is 11. The first-order valence-corrected chi connectivity index (χ1v) is 22.1. The molecule has 8 N–H and O–H groups in total. The summed E-state index contributed by atoms with van der Waals surface area (Å²) in [6, 6.07) is 19.5. The Balaban J connectivity index is 1.33. The van der Waals surface area contributed by atoms with Crippen LogP contribution >= 0.6 is 0 Å². The highest BCUT2D eigenvalue weighted by molar-refractivity contribution is 6.01. The van der Waals surface area contributed by atoms with Gasteiger partial charge < -0.3 is 26.6 Å². The van der Waals surface area contributed by atoms with E-state index in [4.69, 9.17) is 11.5 Å². The molecule has 0 aromatic heterocycles. The zero-order valence-corrected chi connectivity index (χ0v) is 37.1. The second-order valence-electron chi connectivity index (χ2n) is 19.3. The van der Waals surface area contributed by atoms with Gasteiger partial charge in [0.2, 0.25) is 11.8 Å². The molecule has 6 amide bonds. The van der Waals surface area contributed by atoms with Crippen LogP contribution in [-0.4, -0.2) is 92.6 Å². The lowest BCUT2D eigenvalue weighted by molar-refractivity contribution is -0.149. The summed E-state index contributed by atoms with van der Waals surface area (Å²) in [5.41, 5.74) is 8.20. The van der Waals surface area contributed by atoms with E-state index in [2.05, 4.69) is 39.2 Å².